The molecule has 1 saturated heterocycles. The molecule has 3 heterocycles. The molecule has 0 aliphatic carbocycles. The minimum absolute atomic E-state index is 0.0317. The van der Waals surface area contributed by atoms with Crippen molar-refractivity contribution in [3.8, 4) is 11.5 Å². The summed E-state index contributed by atoms with van der Waals surface area (Å²) in [6.07, 6.45) is 1.37. The van der Waals surface area contributed by atoms with Gasteiger partial charge in [-0.25, -0.2) is 4.79 Å². The molecule has 0 radical (unpaired) electrons. The monoisotopic (exact) mass is 543 g/mol. The van der Waals surface area contributed by atoms with E-state index in [2.05, 4.69) is 10.2 Å². The molecule has 2 aliphatic rings. The summed E-state index contributed by atoms with van der Waals surface area (Å²) in [6.45, 7) is 6.26. The van der Waals surface area contributed by atoms with Gasteiger partial charge in [0.25, 0.3) is 5.91 Å². The zero-order valence-electron chi connectivity index (χ0n) is 21.7. The van der Waals surface area contributed by atoms with Gasteiger partial charge in [0.2, 0.25) is 0 Å². The summed E-state index contributed by atoms with van der Waals surface area (Å²) in [4.78, 5) is 28.5. The Kier molecular flexibility index (Phi) is 7.83. The van der Waals surface area contributed by atoms with Gasteiger partial charge < -0.3 is 30.2 Å². The van der Waals surface area contributed by atoms with Crippen molar-refractivity contribution in [1.82, 2.24) is 19.4 Å². The number of carbonyl (C=O) groups is 1. The van der Waals surface area contributed by atoms with Crippen molar-refractivity contribution in [1.29, 1.82) is 0 Å². The van der Waals surface area contributed by atoms with Crippen LogP contribution in [0.4, 0.5) is 5.69 Å². The maximum absolute atomic E-state index is 13.2. The Hall–Kier alpha value is -3.21. The summed E-state index contributed by atoms with van der Waals surface area (Å²) in [5.41, 5.74) is 8.56. The van der Waals surface area contributed by atoms with Crippen LogP contribution in [0.1, 0.15) is 30.1 Å². The molecule has 0 bridgehead atoms. The quantitative estimate of drug-likeness (QED) is 0.420. The second kappa shape index (κ2) is 11.3. The van der Waals surface area contributed by atoms with Crippen molar-refractivity contribution in [2.75, 3.05) is 45.7 Å². The normalized spacial score (nSPS) is 19.6. The predicted octanol–water partition coefficient (Wildman–Crippen LogP) is 2.74. The van der Waals surface area contributed by atoms with Crippen molar-refractivity contribution >= 4 is 34.2 Å². The van der Waals surface area contributed by atoms with E-state index in [0.29, 0.717) is 49.9 Å². The Morgan fingerprint density at radius 1 is 1.16 bits per heavy atom. The lowest BCUT2D eigenvalue weighted by molar-refractivity contribution is 0.00581. The first-order chi connectivity index (χ1) is 18.4. The molecule has 38 heavy (non-hydrogen) atoms. The van der Waals surface area contributed by atoms with Crippen LogP contribution in [-0.2, 0) is 17.8 Å². The van der Waals surface area contributed by atoms with Crippen molar-refractivity contribution < 1.29 is 19.0 Å². The molecule has 1 fully saturated rings. The highest BCUT2D eigenvalue weighted by molar-refractivity contribution is 6.34. The number of piperidine rings is 1. The molecule has 1 aromatic heterocycles. The maximum Gasteiger partial charge on any atom is 0.329 e. The minimum atomic E-state index is -0.305. The molecule has 0 unspecified atom stereocenters. The van der Waals surface area contributed by atoms with Crippen LogP contribution >= 0.6 is 11.6 Å². The lowest BCUT2D eigenvalue weighted by Gasteiger charge is -2.38. The van der Waals surface area contributed by atoms with Gasteiger partial charge >= 0.3 is 5.69 Å². The molecule has 2 aromatic carbocycles. The van der Waals surface area contributed by atoms with Gasteiger partial charge in [-0.05, 0) is 44.5 Å². The molecule has 204 valence electrons. The number of hydrogen-bond donors (Lipinski definition) is 2. The first-order valence-electron chi connectivity index (χ1n) is 13.0. The summed E-state index contributed by atoms with van der Waals surface area (Å²) in [5.74, 6) is 0.329. The standard InChI is InChI=1S/C27H34ClN5O5/c1-3-32-20-7-4-5-8-21(20)33(27(32)35)11-6-10-31-12-9-19(22(16-31)36-2)30-26(34)17-15-18(28)23(29)25-24(17)37-13-14-38-25/h4-5,7-8,15,19,22H,3,6,9-14,16,29H2,1-2H3,(H,30,34)/t19-,22+/m1/s1. The molecular weight excluding hydrogens is 510 g/mol. The fourth-order valence-corrected chi connectivity index (χ4v) is 5.64. The summed E-state index contributed by atoms with van der Waals surface area (Å²) in [6, 6.07) is 9.27. The van der Waals surface area contributed by atoms with Crippen LogP contribution in [0.5, 0.6) is 11.5 Å². The number of nitrogens with zero attached hydrogens (tertiary/aromatic N) is 3. The molecule has 0 saturated carbocycles. The first kappa shape index (κ1) is 26.4. The number of rotatable bonds is 8. The lowest BCUT2D eigenvalue weighted by Crippen LogP contribution is -2.55. The third kappa shape index (κ3) is 4.95. The zero-order valence-corrected chi connectivity index (χ0v) is 22.5. The van der Waals surface area contributed by atoms with E-state index in [4.69, 9.17) is 31.5 Å². The minimum Gasteiger partial charge on any atom is -0.485 e. The van der Waals surface area contributed by atoms with Crippen LogP contribution in [0.2, 0.25) is 5.02 Å². The topological polar surface area (TPSA) is 113 Å². The number of amides is 1. The van der Waals surface area contributed by atoms with Crippen molar-refractivity contribution in [2.45, 2.75) is 45.0 Å². The van der Waals surface area contributed by atoms with Crippen molar-refractivity contribution in [3.63, 3.8) is 0 Å². The maximum atomic E-state index is 13.2. The van der Waals surface area contributed by atoms with Gasteiger partial charge in [0.15, 0.2) is 11.5 Å². The van der Waals surface area contributed by atoms with E-state index in [9.17, 15) is 9.59 Å². The highest BCUT2D eigenvalue weighted by Gasteiger charge is 2.32. The van der Waals surface area contributed by atoms with Crippen molar-refractivity contribution in [3.05, 3.63) is 51.4 Å². The second-order valence-electron chi connectivity index (χ2n) is 9.64. The average Bonchev–Trinajstić information content (AvgIpc) is 3.21. The molecule has 1 amide bonds. The predicted molar refractivity (Wildman–Crippen MR) is 146 cm³/mol. The van der Waals surface area contributed by atoms with E-state index in [1.54, 1.807) is 7.11 Å². The van der Waals surface area contributed by atoms with E-state index in [1.807, 2.05) is 40.3 Å². The van der Waals surface area contributed by atoms with Gasteiger partial charge in [-0.2, -0.15) is 0 Å². The number of likely N-dealkylation sites (tertiary alicyclic amines) is 1. The van der Waals surface area contributed by atoms with Crippen LogP contribution in [-0.4, -0.2) is 72.0 Å². The van der Waals surface area contributed by atoms with Crippen molar-refractivity contribution in [2.24, 2.45) is 0 Å². The Labute approximate surface area is 226 Å². The molecule has 2 atom stereocenters. The Morgan fingerprint density at radius 3 is 2.58 bits per heavy atom. The van der Waals surface area contributed by atoms with Gasteiger partial charge in [-0.15, -0.1) is 0 Å². The molecule has 10 nitrogen and oxygen atoms in total. The molecular formula is C27H34ClN5O5. The summed E-state index contributed by atoms with van der Waals surface area (Å²) in [5, 5.41) is 3.35. The highest BCUT2D eigenvalue weighted by atomic mass is 35.5. The van der Waals surface area contributed by atoms with Crippen LogP contribution < -0.4 is 26.2 Å². The number of ether oxygens (including phenoxy) is 3. The summed E-state index contributed by atoms with van der Waals surface area (Å²) < 4.78 is 20.8. The molecule has 3 aromatic rings. The summed E-state index contributed by atoms with van der Waals surface area (Å²) >= 11 is 6.26. The number of imidazole rings is 1. The van der Waals surface area contributed by atoms with E-state index < -0.39 is 0 Å². The SMILES string of the molecule is CCn1c(=O)n(CCCN2CC[C@@H](NC(=O)c3cc(Cl)c(N)c4c3OCCO4)[C@@H](OC)C2)c2ccccc21. The number of aromatic nitrogens is 2. The number of carbonyl (C=O) groups excluding carboxylic acids is 1. The highest BCUT2D eigenvalue weighted by Crippen LogP contribution is 2.43. The number of aryl methyl sites for hydroxylation is 2. The average molecular weight is 544 g/mol. The van der Waals surface area contributed by atoms with Gasteiger partial charge in [0.1, 0.15) is 13.2 Å². The third-order valence-electron chi connectivity index (χ3n) is 7.40. The largest absolute Gasteiger partial charge is 0.485 e. The Bertz CT molecular complexity index is 1390. The number of hydrogen-bond acceptors (Lipinski definition) is 7. The number of nitrogens with two attached hydrogens (primary N) is 1. The van der Waals surface area contributed by atoms with Crippen LogP contribution in [0.3, 0.4) is 0 Å². The zero-order chi connectivity index (χ0) is 26.8. The molecule has 5 rings (SSSR count). The van der Waals surface area contributed by atoms with Gasteiger partial charge in [0, 0.05) is 33.3 Å². The number of benzene rings is 2. The third-order valence-corrected chi connectivity index (χ3v) is 7.72. The lowest BCUT2D eigenvalue weighted by atomic mass is 10.0. The molecule has 3 N–H and O–H groups in total. The number of fused-ring (bicyclic) bond motifs is 2. The number of anilines is 1. The molecule has 0 spiro atoms. The van der Waals surface area contributed by atoms with E-state index >= 15 is 0 Å². The number of para-hydroxylation sites is 2. The van der Waals surface area contributed by atoms with Gasteiger partial charge in [0.05, 0.1) is 39.5 Å². The first-order valence-corrected chi connectivity index (χ1v) is 13.4. The Balaban J connectivity index is 1.21. The number of nitrogens with one attached hydrogen (secondary N) is 1. The fourth-order valence-electron chi connectivity index (χ4n) is 5.45. The molecule has 11 heteroatoms. The van der Waals surface area contributed by atoms with Gasteiger partial charge in [-0.3, -0.25) is 13.9 Å². The van der Waals surface area contributed by atoms with Gasteiger partial charge in [-0.1, -0.05) is 23.7 Å². The number of halogens is 1. The van der Waals surface area contributed by atoms with E-state index in [-0.39, 0.29) is 34.5 Å². The Morgan fingerprint density at radius 2 is 1.87 bits per heavy atom. The second-order valence-corrected chi connectivity index (χ2v) is 10.0. The smallest absolute Gasteiger partial charge is 0.329 e. The van der Waals surface area contributed by atoms with Crippen LogP contribution in [0.25, 0.3) is 11.0 Å². The van der Waals surface area contributed by atoms with E-state index in [1.165, 1.54) is 6.07 Å². The van der Waals surface area contributed by atoms with Crippen LogP contribution in [0, 0.1) is 0 Å². The van der Waals surface area contributed by atoms with E-state index in [0.717, 1.165) is 37.0 Å². The number of methoxy groups -OCH3 is 1. The number of nitrogen functional groups attached to an aromatic ring is 1. The van der Waals surface area contributed by atoms with Crippen LogP contribution in [0.15, 0.2) is 35.1 Å². The fraction of sp³-hybridized carbons (Fsp3) is 0.481. The molecule has 2 aliphatic heterocycles. The summed E-state index contributed by atoms with van der Waals surface area (Å²) in [7, 11) is 1.66.